The van der Waals surface area contributed by atoms with Gasteiger partial charge in [0.15, 0.2) is 0 Å². The quantitative estimate of drug-likeness (QED) is 0.556. The third-order valence-corrected chi connectivity index (χ3v) is 2.81. The second kappa shape index (κ2) is 4.67. The first-order valence-corrected chi connectivity index (χ1v) is 5.25. The van der Waals surface area contributed by atoms with Crippen LogP contribution >= 0.6 is 23.4 Å². The largest absolute Gasteiger partial charge is 0.257 e. The van der Waals surface area contributed by atoms with Gasteiger partial charge in [-0.15, -0.1) is 23.4 Å². The van der Waals surface area contributed by atoms with Crippen LogP contribution in [0.2, 0.25) is 0 Å². The van der Waals surface area contributed by atoms with Crippen LogP contribution in [-0.4, -0.2) is 21.6 Å². The van der Waals surface area contributed by atoms with E-state index in [2.05, 4.69) is 9.97 Å². The average molecular weight is 203 g/mol. The minimum atomic E-state index is 0.652. The lowest BCUT2D eigenvalue weighted by Crippen LogP contribution is -1.93. The van der Waals surface area contributed by atoms with E-state index in [-0.39, 0.29) is 0 Å². The number of nitrogens with zero attached hydrogens (tertiary/aromatic N) is 2. The van der Waals surface area contributed by atoms with Crippen LogP contribution < -0.4 is 0 Å². The van der Waals surface area contributed by atoms with E-state index in [1.165, 1.54) is 0 Å². The van der Waals surface area contributed by atoms with Crippen molar-refractivity contribution in [2.75, 3.05) is 11.6 Å². The normalized spacial score (nSPS) is 10.2. The summed E-state index contributed by atoms with van der Waals surface area (Å²) in [6.07, 6.45) is 1.79. The molecule has 1 rings (SSSR count). The van der Waals surface area contributed by atoms with Gasteiger partial charge in [0, 0.05) is 11.6 Å². The molecule has 0 spiro atoms. The summed E-state index contributed by atoms with van der Waals surface area (Å²) in [6, 6.07) is 0. The maximum atomic E-state index is 5.55. The molecular formula is C8H11ClN2S. The summed E-state index contributed by atoms with van der Waals surface area (Å²) in [6.45, 7) is 3.92. The fourth-order valence-electron chi connectivity index (χ4n) is 0.733. The van der Waals surface area contributed by atoms with Crippen molar-refractivity contribution in [3.05, 3.63) is 17.6 Å². The van der Waals surface area contributed by atoms with Crippen LogP contribution in [0.3, 0.4) is 0 Å². The molecule has 0 saturated heterocycles. The van der Waals surface area contributed by atoms with Crippen LogP contribution in [0.15, 0.2) is 11.2 Å². The molecule has 0 aromatic carbocycles. The van der Waals surface area contributed by atoms with Gasteiger partial charge in [0.05, 0.1) is 17.6 Å². The number of halogens is 1. The molecule has 66 valence electrons. The molecule has 0 amide bonds. The number of thioether (sulfide) groups is 1. The van der Waals surface area contributed by atoms with Crippen molar-refractivity contribution in [1.29, 1.82) is 0 Å². The zero-order valence-corrected chi connectivity index (χ0v) is 8.74. The number of aryl methyl sites for hydroxylation is 2. The fraction of sp³-hybridized carbons (Fsp3) is 0.500. The Morgan fingerprint density at radius 2 is 2.17 bits per heavy atom. The van der Waals surface area contributed by atoms with Crippen molar-refractivity contribution in [3.8, 4) is 0 Å². The molecule has 0 saturated carbocycles. The Morgan fingerprint density at radius 3 is 2.75 bits per heavy atom. The van der Waals surface area contributed by atoms with Gasteiger partial charge in [0.1, 0.15) is 5.03 Å². The standard InChI is InChI=1S/C8H11ClN2S/c1-6-7(2)11-8(5-10-6)12-4-3-9/h5H,3-4H2,1-2H3. The van der Waals surface area contributed by atoms with E-state index < -0.39 is 0 Å². The predicted octanol–water partition coefficient (Wildman–Crippen LogP) is 2.42. The zero-order valence-electron chi connectivity index (χ0n) is 7.17. The van der Waals surface area contributed by atoms with E-state index in [1.807, 2.05) is 13.8 Å². The van der Waals surface area contributed by atoms with Crippen molar-refractivity contribution in [2.24, 2.45) is 0 Å². The second-order valence-corrected chi connectivity index (χ2v) is 3.91. The van der Waals surface area contributed by atoms with Crippen molar-refractivity contribution in [1.82, 2.24) is 9.97 Å². The van der Waals surface area contributed by atoms with Crippen LogP contribution in [0.25, 0.3) is 0 Å². The average Bonchev–Trinajstić information content (AvgIpc) is 2.07. The Kier molecular flexibility index (Phi) is 3.82. The Balaban J connectivity index is 2.69. The number of hydrogen-bond acceptors (Lipinski definition) is 3. The fourth-order valence-corrected chi connectivity index (χ4v) is 1.58. The van der Waals surface area contributed by atoms with E-state index in [4.69, 9.17) is 11.6 Å². The first kappa shape index (κ1) is 9.81. The summed E-state index contributed by atoms with van der Waals surface area (Å²) >= 11 is 7.19. The van der Waals surface area contributed by atoms with E-state index in [9.17, 15) is 0 Å². The molecule has 1 heterocycles. The Hall–Kier alpha value is -0.280. The SMILES string of the molecule is Cc1ncc(SCCCl)nc1C. The maximum Gasteiger partial charge on any atom is 0.115 e. The van der Waals surface area contributed by atoms with E-state index in [0.29, 0.717) is 5.88 Å². The number of aromatic nitrogens is 2. The molecule has 4 heteroatoms. The summed E-state index contributed by atoms with van der Waals surface area (Å²) in [5.74, 6) is 1.54. The molecule has 1 aromatic rings. The molecule has 0 atom stereocenters. The van der Waals surface area contributed by atoms with Gasteiger partial charge < -0.3 is 0 Å². The molecule has 12 heavy (non-hydrogen) atoms. The van der Waals surface area contributed by atoms with E-state index in [0.717, 1.165) is 22.2 Å². The highest BCUT2D eigenvalue weighted by molar-refractivity contribution is 7.99. The molecule has 2 nitrogen and oxygen atoms in total. The van der Waals surface area contributed by atoms with E-state index in [1.54, 1.807) is 18.0 Å². The highest BCUT2D eigenvalue weighted by Crippen LogP contribution is 2.15. The minimum absolute atomic E-state index is 0.652. The first-order chi connectivity index (χ1) is 5.74. The highest BCUT2D eigenvalue weighted by atomic mass is 35.5. The van der Waals surface area contributed by atoms with Gasteiger partial charge in [0.2, 0.25) is 0 Å². The molecule has 0 aliphatic rings. The van der Waals surface area contributed by atoms with Gasteiger partial charge in [-0.25, -0.2) is 4.98 Å². The summed E-state index contributed by atoms with van der Waals surface area (Å²) in [7, 11) is 0. The van der Waals surface area contributed by atoms with E-state index >= 15 is 0 Å². The lowest BCUT2D eigenvalue weighted by atomic mass is 10.4. The molecule has 0 fully saturated rings. The van der Waals surface area contributed by atoms with Crippen molar-refractivity contribution in [3.63, 3.8) is 0 Å². The number of rotatable bonds is 3. The molecule has 1 aromatic heterocycles. The van der Waals surface area contributed by atoms with Crippen LogP contribution in [0.4, 0.5) is 0 Å². The van der Waals surface area contributed by atoms with Crippen molar-refractivity contribution >= 4 is 23.4 Å². The topological polar surface area (TPSA) is 25.8 Å². The van der Waals surface area contributed by atoms with Crippen LogP contribution in [-0.2, 0) is 0 Å². The lowest BCUT2D eigenvalue weighted by Gasteiger charge is -2.01. The van der Waals surface area contributed by atoms with Gasteiger partial charge in [-0.05, 0) is 13.8 Å². The van der Waals surface area contributed by atoms with Crippen LogP contribution in [0, 0.1) is 13.8 Å². The Morgan fingerprint density at radius 1 is 1.42 bits per heavy atom. The van der Waals surface area contributed by atoms with Crippen LogP contribution in [0.1, 0.15) is 11.4 Å². The van der Waals surface area contributed by atoms with Crippen molar-refractivity contribution in [2.45, 2.75) is 18.9 Å². The monoisotopic (exact) mass is 202 g/mol. The summed E-state index contributed by atoms with van der Waals surface area (Å²) < 4.78 is 0. The molecular weight excluding hydrogens is 192 g/mol. The summed E-state index contributed by atoms with van der Waals surface area (Å²) in [5, 5.41) is 0.957. The zero-order chi connectivity index (χ0) is 8.97. The third kappa shape index (κ3) is 2.64. The molecule has 0 aliphatic heterocycles. The first-order valence-electron chi connectivity index (χ1n) is 3.73. The maximum absolute atomic E-state index is 5.55. The van der Waals surface area contributed by atoms with Gasteiger partial charge in [-0.1, -0.05) is 0 Å². The minimum Gasteiger partial charge on any atom is -0.257 e. The smallest absolute Gasteiger partial charge is 0.115 e. The third-order valence-electron chi connectivity index (χ3n) is 1.50. The molecule has 0 radical (unpaired) electrons. The predicted molar refractivity (Wildman–Crippen MR) is 53.0 cm³/mol. The molecule has 0 aliphatic carbocycles. The highest BCUT2D eigenvalue weighted by Gasteiger charge is 1.98. The lowest BCUT2D eigenvalue weighted by molar-refractivity contribution is 0.957. The van der Waals surface area contributed by atoms with Crippen molar-refractivity contribution < 1.29 is 0 Å². The number of hydrogen-bond donors (Lipinski definition) is 0. The van der Waals surface area contributed by atoms with Gasteiger partial charge in [-0.3, -0.25) is 4.98 Å². The second-order valence-electron chi connectivity index (χ2n) is 2.42. The molecule has 0 bridgehead atoms. The summed E-state index contributed by atoms with van der Waals surface area (Å²) in [4.78, 5) is 8.56. The van der Waals surface area contributed by atoms with Gasteiger partial charge in [-0.2, -0.15) is 0 Å². The van der Waals surface area contributed by atoms with Gasteiger partial charge >= 0.3 is 0 Å². The molecule has 0 unspecified atom stereocenters. The van der Waals surface area contributed by atoms with Gasteiger partial charge in [0.25, 0.3) is 0 Å². The Bertz CT molecular complexity index is 265. The summed E-state index contributed by atoms with van der Waals surface area (Å²) in [5.41, 5.74) is 1.99. The Labute approximate surface area is 81.8 Å². The van der Waals surface area contributed by atoms with Crippen LogP contribution in [0.5, 0.6) is 0 Å². The molecule has 0 N–H and O–H groups in total. The number of alkyl halides is 1.